The number of hydrogen-bond acceptors (Lipinski definition) is 4. The molecule has 0 radical (unpaired) electrons. The van der Waals surface area contributed by atoms with Crippen molar-refractivity contribution < 1.29 is 0 Å². The second-order valence-electron chi connectivity index (χ2n) is 4.45. The van der Waals surface area contributed by atoms with Crippen LogP contribution >= 0.6 is 38.6 Å². The van der Waals surface area contributed by atoms with Crippen molar-refractivity contribution in [3.05, 3.63) is 50.1 Å². The number of rotatable bonds is 4. The standard InChI is InChI=1S/C14H13BrN2S2/c1-17(8-10-6-7-13(15)18-10)9-14-16-11-4-2-3-5-12(11)19-14/h2-7H,8-9H2,1H3. The van der Waals surface area contributed by atoms with Gasteiger partial charge in [0.05, 0.1) is 20.5 Å². The molecule has 0 bridgehead atoms. The molecule has 2 aromatic heterocycles. The molecule has 3 rings (SSSR count). The zero-order chi connectivity index (χ0) is 13.2. The van der Waals surface area contributed by atoms with Crippen molar-refractivity contribution in [3.8, 4) is 0 Å². The lowest BCUT2D eigenvalue weighted by Crippen LogP contribution is -2.16. The molecule has 0 atom stereocenters. The molecule has 0 unspecified atom stereocenters. The first-order valence-electron chi connectivity index (χ1n) is 5.98. The first-order valence-corrected chi connectivity index (χ1v) is 8.40. The normalized spacial score (nSPS) is 11.5. The highest BCUT2D eigenvalue weighted by Gasteiger charge is 2.08. The molecule has 0 N–H and O–H groups in total. The van der Waals surface area contributed by atoms with Crippen LogP contribution in [-0.4, -0.2) is 16.9 Å². The van der Waals surface area contributed by atoms with Crippen molar-refractivity contribution in [2.45, 2.75) is 13.1 Å². The van der Waals surface area contributed by atoms with Gasteiger partial charge >= 0.3 is 0 Å². The van der Waals surface area contributed by atoms with Crippen molar-refractivity contribution in [2.24, 2.45) is 0 Å². The van der Waals surface area contributed by atoms with E-state index in [0.717, 1.165) is 18.6 Å². The zero-order valence-corrected chi connectivity index (χ0v) is 13.7. The molecule has 0 aliphatic rings. The summed E-state index contributed by atoms with van der Waals surface area (Å²) in [5.41, 5.74) is 1.11. The second-order valence-corrected chi connectivity index (χ2v) is 8.12. The Labute approximate surface area is 128 Å². The van der Waals surface area contributed by atoms with Gasteiger partial charge in [-0.05, 0) is 47.2 Å². The Morgan fingerprint density at radius 1 is 1.11 bits per heavy atom. The fraction of sp³-hybridized carbons (Fsp3) is 0.214. The van der Waals surface area contributed by atoms with Crippen molar-refractivity contribution in [1.29, 1.82) is 0 Å². The van der Waals surface area contributed by atoms with Crippen LogP contribution in [0.1, 0.15) is 9.88 Å². The first-order chi connectivity index (χ1) is 9.20. The van der Waals surface area contributed by atoms with Gasteiger partial charge in [0.15, 0.2) is 0 Å². The van der Waals surface area contributed by atoms with Crippen LogP contribution in [0.4, 0.5) is 0 Å². The van der Waals surface area contributed by atoms with E-state index >= 15 is 0 Å². The highest BCUT2D eigenvalue weighted by molar-refractivity contribution is 9.11. The van der Waals surface area contributed by atoms with Crippen molar-refractivity contribution in [2.75, 3.05) is 7.05 Å². The summed E-state index contributed by atoms with van der Waals surface area (Å²) in [6, 6.07) is 12.6. The summed E-state index contributed by atoms with van der Waals surface area (Å²) in [6.07, 6.45) is 0. The predicted molar refractivity (Wildman–Crippen MR) is 86.8 cm³/mol. The molecule has 19 heavy (non-hydrogen) atoms. The molecule has 1 aromatic carbocycles. The summed E-state index contributed by atoms with van der Waals surface area (Å²) in [4.78, 5) is 8.34. The van der Waals surface area contributed by atoms with Crippen LogP contribution in [-0.2, 0) is 13.1 Å². The third kappa shape index (κ3) is 3.23. The Hall–Kier alpha value is -0.750. The van der Waals surface area contributed by atoms with Gasteiger partial charge in [-0.15, -0.1) is 22.7 Å². The maximum Gasteiger partial charge on any atom is 0.108 e. The molecule has 5 heteroatoms. The second kappa shape index (κ2) is 5.71. The van der Waals surface area contributed by atoms with Crippen molar-refractivity contribution in [3.63, 3.8) is 0 Å². The first kappa shape index (κ1) is 13.2. The maximum atomic E-state index is 4.67. The Morgan fingerprint density at radius 3 is 2.68 bits per heavy atom. The molecule has 0 spiro atoms. The number of halogens is 1. The van der Waals surface area contributed by atoms with E-state index in [1.807, 2.05) is 6.07 Å². The molecular formula is C14H13BrN2S2. The summed E-state index contributed by atoms with van der Waals surface area (Å²) in [7, 11) is 2.14. The van der Waals surface area contributed by atoms with Crippen LogP contribution in [0.5, 0.6) is 0 Å². The predicted octanol–water partition coefficient (Wildman–Crippen LogP) is 4.75. The minimum atomic E-state index is 0.898. The van der Waals surface area contributed by atoms with E-state index in [1.54, 1.807) is 22.7 Å². The van der Waals surface area contributed by atoms with Crippen LogP contribution in [0.2, 0.25) is 0 Å². The monoisotopic (exact) mass is 352 g/mol. The zero-order valence-electron chi connectivity index (χ0n) is 10.5. The number of thiazole rings is 1. The number of thiophene rings is 1. The van der Waals surface area contributed by atoms with Crippen LogP contribution in [0.3, 0.4) is 0 Å². The third-order valence-corrected chi connectivity index (χ3v) is 5.43. The van der Waals surface area contributed by atoms with E-state index in [4.69, 9.17) is 0 Å². The SMILES string of the molecule is CN(Cc1ccc(Br)s1)Cc1nc2ccccc2s1. The number of para-hydroxylation sites is 1. The van der Waals surface area contributed by atoms with Gasteiger partial charge in [0, 0.05) is 11.4 Å². The fourth-order valence-electron chi connectivity index (χ4n) is 1.98. The highest BCUT2D eigenvalue weighted by atomic mass is 79.9. The molecule has 3 aromatic rings. The average molecular weight is 353 g/mol. The maximum absolute atomic E-state index is 4.67. The number of aromatic nitrogens is 1. The molecule has 2 nitrogen and oxygen atoms in total. The minimum Gasteiger partial charge on any atom is -0.295 e. The quantitative estimate of drug-likeness (QED) is 0.673. The largest absolute Gasteiger partial charge is 0.295 e. The molecule has 0 saturated carbocycles. The Morgan fingerprint density at radius 2 is 1.95 bits per heavy atom. The summed E-state index contributed by atoms with van der Waals surface area (Å²) in [5.74, 6) is 0. The Kier molecular flexibility index (Phi) is 3.98. The van der Waals surface area contributed by atoms with E-state index in [9.17, 15) is 0 Å². The van der Waals surface area contributed by atoms with E-state index in [0.29, 0.717) is 0 Å². The van der Waals surface area contributed by atoms with Crippen LogP contribution in [0.15, 0.2) is 40.2 Å². The van der Waals surface area contributed by atoms with Gasteiger partial charge in [-0.2, -0.15) is 0 Å². The molecular weight excluding hydrogens is 340 g/mol. The van der Waals surface area contributed by atoms with E-state index in [1.165, 1.54) is 18.4 Å². The van der Waals surface area contributed by atoms with Crippen LogP contribution in [0, 0.1) is 0 Å². The van der Waals surface area contributed by atoms with E-state index in [-0.39, 0.29) is 0 Å². The number of hydrogen-bond donors (Lipinski definition) is 0. The molecule has 0 saturated heterocycles. The van der Waals surface area contributed by atoms with Crippen LogP contribution in [0.25, 0.3) is 10.2 Å². The van der Waals surface area contributed by atoms with Gasteiger partial charge < -0.3 is 0 Å². The highest BCUT2D eigenvalue weighted by Crippen LogP contribution is 2.25. The van der Waals surface area contributed by atoms with Gasteiger partial charge in [-0.3, -0.25) is 4.90 Å². The molecule has 0 fully saturated rings. The van der Waals surface area contributed by atoms with Crippen molar-refractivity contribution in [1.82, 2.24) is 9.88 Å². The molecule has 2 heterocycles. The number of fused-ring (bicyclic) bond motifs is 1. The minimum absolute atomic E-state index is 0.898. The fourth-order valence-corrected chi connectivity index (χ4v) is 4.59. The summed E-state index contributed by atoms with van der Waals surface area (Å²) >= 11 is 7.07. The Balaban J connectivity index is 1.70. The van der Waals surface area contributed by atoms with Crippen molar-refractivity contribution >= 4 is 48.8 Å². The van der Waals surface area contributed by atoms with Gasteiger partial charge in [0.1, 0.15) is 5.01 Å². The third-order valence-electron chi connectivity index (χ3n) is 2.80. The smallest absolute Gasteiger partial charge is 0.108 e. The number of nitrogens with zero attached hydrogens (tertiary/aromatic N) is 2. The van der Waals surface area contributed by atoms with Gasteiger partial charge in [0.2, 0.25) is 0 Å². The van der Waals surface area contributed by atoms with E-state index < -0.39 is 0 Å². The topological polar surface area (TPSA) is 16.1 Å². The molecule has 98 valence electrons. The van der Waals surface area contributed by atoms with Gasteiger partial charge in [0.25, 0.3) is 0 Å². The number of benzene rings is 1. The molecule has 0 aliphatic heterocycles. The summed E-state index contributed by atoms with van der Waals surface area (Å²) in [6.45, 7) is 1.86. The lowest BCUT2D eigenvalue weighted by atomic mass is 10.3. The molecule has 0 aliphatic carbocycles. The average Bonchev–Trinajstić information content (AvgIpc) is 2.94. The molecule has 0 amide bonds. The summed E-state index contributed by atoms with van der Waals surface area (Å²) < 4.78 is 2.46. The van der Waals surface area contributed by atoms with Gasteiger partial charge in [-0.1, -0.05) is 12.1 Å². The Bertz CT molecular complexity index is 656. The van der Waals surface area contributed by atoms with Gasteiger partial charge in [-0.25, -0.2) is 4.98 Å². The van der Waals surface area contributed by atoms with Crippen LogP contribution < -0.4 is 0 Å². The lowest BCUT2D eigenvalue weighted by molar-refractivity contribution is 0.321. The summed E-state index contributed by atoms with van der Waals surface area (Å²) in [5, 5.41) is 1.18. The van der Waals surface area contributed by atoms with E-state index in [2.05, 4.69) is 63.2 Å². The lowest BCUT2D eigenvalue weighted by Gasteiger charge is -2.13.